The van der Waals surface area contributed by atoms with E-state index in [2.05, 4.69) is 10.3 Å². The van der Waals surface area contributed by atoms with Crippen molar-refractivity contribution in [2.45, 2.75) is 25.6 Å². The summed E-state index contributed by atoms with van der Waals surface area (Å²) in [5.74, 6) is -3.46. The first-order chi connectivity index (χ1) is 7.86. The molecule has 0 amide bonds. The van der Waals surface area contributed by atoms with Crippen LogP contribution >= 0.6 is 11.3 Å². The van der Waals surface area contributed by atoms with Crippen molar-refractivity contribution >= 4 is 26.5 Å². The van der Waals surface area contributed by atoms with Crippen molar-refractivity contribution in [3.8, 4) is 0 Å². The van der Waals surface area contributed by atoms with E-state index >= 15 is 0 Å². The van der Waals surface area contributed by atoms with Crippen molar-refractivity contribution < 1.29 is 17.2 Å². The molecule has 0 aliphatic heterocycles. The molecule has 1 unspecified atom stereocenters. The number of anilines is 1. The van der Waals surface area contributed by atoms with E-state index in [4.69, 9.17) is 0 Å². The third-order valence-corrected chi connectivity index (χ3v) is 3.79. The van der Waals surface area contributed by atoms with Gasteiger partial charge >= 0.3 is 5.76 Å². The summed E-state index contributed by atoms with van der Waals surface area (Å²) in [6, 6.07) is -0.0546. The van der Waals surface area contributed by atoms with Crippen molar-refractivity contribution in [2.24, 2.45) is 0 Å². The van der Waals surface area contributed by atoms with Crippen LogP contribution in [0.1, 0.15) is 25.6 Å². The molecule has 9 heteroatoms. The minimum atomic E-state index is -4.63. The van der Waals surface area contributed by atoms with Crippen molar-refractivity contribution in [1.29, 1.82) is 0 Å². The predicted octanol–water partition coefficient (Wildman–Crippen LogP) is 1.78. The van der Waals surface area contributed by atoms with Gasteiger partial charge in [-0.1, -0.05) is 6.92 Å². The molecule has 0 bridgehead atoms. The molecule has 0 saturated carbocycles. The summed E-state index contributed by atoms with van der Waals surface area (Å²) in [4.78, 5) is 3.93. The second kappa shape index (κ2) is 5.69. The summed E-state index contributed by atoms with van der Waals surface area (Å²) in [5.41, 5.74) is 0.615. The lowest BCUT2D eigenvalue weighted by atomic mass is 10.3. The van der Waals surface area contributed by atoms with Crippen molar-refractivity contribution in [2.75, 3.05) is 11.3 Å². The maximum atomic E-state index is 12.1. The molecule has 98 valence electrons. The second-order valence-corrected chi connectivity index (χ2v) is 5.77. The average Bonchev–Trinajstić information content (AvgIpc) is 2.65. The quantitative estimate of drug-likeness (QED) is 0.835. The molecule has 1 rings (SSSR count). The first-order valence-electron chi connectivity index (χ1n) is 4.85. The maximum Gasteiger partial charge on any atom is 0.355 e. The molecule has 0 fully saturated rings. The minimum absolute atomic E-state index is 0.0509. The van der Waals surface area contributed by atoms with Gasteiger partial charge in [-0.2, -0.15) is 8.78 Å². The second-order valence-electron chi connectivity index (χ2n) is 3.26. The number of sulfonamides is 1. The van der Waals surface area contributed by atoms with E-state index in [9.17, 15) is 17.2 Å². The van der Waals surface area contributed by atoms with Gasteiger partial charge in [0.15, 0.2) is 5.13 Å². The van der Waals surface area contributed by atoms with Crippen LogP contribution in [0.5, 0.6) is 0 Å². The Hall–Kier alpha value is -0.800. The Labute approximate surface area is 102 Å². The van der Waals surface area contributed by atoms with Crippen molar-refractivity contribution in [3.63, 3.8) is 0 Å². The van der Waals surface area contributed by atoms with E-state index in [1.165, 1.54) is 0 Å². The average molecular weight is 285 g/mol. The Morgan fingerprint density at radius 3 is 2.71 bits per heavy atom. The number of aromatic nitrogens is 1. The number of halogens is 2. The van der Waals surface area contributed by atoms with E-state index < -0.39 is 15.8 Å². The standard InChI is InChI=1S/C8H13F2N3O2S2/c1-3-11-5(2)6-4-16-8(12-6)13-17(14,15)7(9)10/h4-5,7,11H,3H2,1-2H3,(H,12,13). The SMILES string of the molecule is CCNC(C)c1csc(NS(=O)(=O)C(F)F)n1. The first kappa shape index (κ1) is 14.3. The monoisotopic (exact) mass is 285 g/mol. The number of hydrogen-bond donors (Lipinski definition) is 2. The zero-order valence-corrected chi connectivity index (χ0v) is 10.9. The van der Waals surface area contributed by atoms with Crippen LogP contribution in [0.4, 0.5) is 13.9 Å². The van der Waals surface area contributed by atoms with E-state index in [0.717, 1.165) is 17.9 Å². The van der Waals surface area contributed by atoms with E-state index in [0.29, 0.717) is 5.69 Å². The molecule has 0 radical (unpaired) electrons. The van der Waals surface area contributed by atoms with Gasteiger partial charge in [0.1, 0.15) is 0 Å². The summed E-state index contributed by atoms with van der Waals surface area (Å²) in [6.45, 7) is 4.50. The van der Waals surface area contributed by atoms with Crippen molar-refractivity contribution in [3.05, 3.63) is 11.1 Å². The Morgan fingerprint density at radius 2 is 2.18 bits per heavy atom. The fourth-order valence-corrected chi connectivity index (χ4v) is 2.68. The Balaban J connectivity index is 2.76. The Kier molecular flexibility index (Phi) is 4.78. The fraction of sp³-hybridized carbons (Fsp3) is 0.625. The predicted molar refractivity (Wildman–Crippen MR) is 62.8 cm³/mol. The number of nitrogens with one attached hydrogen (secondary N) is 2. The number of thiazole rings is 1. The van der Waals surface area contributed by atoms with Crippen LogP contribution in [0.15, 0.2) is 5.38 Å². The first-order valence-corrected chi connectivity index (χ1v) is 7.28. The van der Waals surface area contributed by atoms with Crippen LogP contribution in [-0.4, -0.2) is 25.7 Å². The topological polar surface area (TPSA) is 71.1 Å². The lowest BCUT2D eigenvalue weighted by Gasteiger charge is -2.08. The number of rotatable bonds is 6. The largest absolute Gasteiger partial charge is 0.355 e. The van der Waals surface area contributed by atoms with Crippen LogP contribution in [0, 0.1) is 0 Å². The minimum Gasteiger partial charge on any atom is -0.309 e. The van der Waals surface area contributed by atoms with Gasteiger partial charge in [-0.25, -0.2) is 13.4 Å². The van der Waals surface area contributed by atoms with Crippen LogP contribution in [0.3, 0.4) is 0 Å². The van der Waals surface area contributed by atoms with E-state index in [-0.39, 0.29) is 11.2 Å². The molecule has 1 aromatic rings. The molecule has 0 aliphatic rings. The smallest absolute Gasteiger partial charge is 0.309 e. The molecule has 1 heterocycles. The van der Waals surface area contributed by atoms with Crippen LogP contribution in [0.25, 0.3) is 0 Å². The highest BCUT2D eigenvalue weighted by atomic mass is 32.2. The third-order valence-electron chi connectivity index (χ3n) is 1.94. The Morgan fingerprint density at radius 1 is 1.53 bits per heavy atom. The van der Waals surface area contributed by atoms with Gasteiger partial charge in [0.05, 0.1) is 5.69 Å². The molecule has 5 nitrogen and oxygen atoms in total. The summed E-state index contributed by atoms with van der Waals surface area (Å²) < 4.78 is 47.7. The maximum absolute atomic E-state index is 12.1. The molecular formula is C8H13F2N3O2S2. The molecule has 0 aromatic carbocycles. The van der Waals surface area contributed by atoms with Gasteiger partial charge in [-0.15, -0.1) is 11.3 Å². The number of alkyl halides is 2. The zero-order valence-electron chi connectivity index (χ0n) is 9.28. The molecule has 1 atom stereocenters. The summed E-state index contributed by atoms with van der Waals surface area (Å²) >= 11 is 0.973. The van der Waals surface area contributed by atoms with Crippen molar-refractivity contribution in [1.82, 2.24) is 10.3 Å². The Bertz CT molecular complexity index is 461. The van der Waals surface area contributed by atoms with Crippen LogP contribution in [-0.2, 0) is 10.0 Å². The molecule has 2 N–H and O–H groups in total. The zero-order chi connectivity index (χ0) is 13.1. The summed E-state index contributed by atoms with van der Waals surface area (Å²) in [7, 11) is -4.63. The molecule has 1 aromatic heterocycles. The van der Waals surface area contributed by atoms with E-state index in [1.807, 2.05) is 13.8 Å². The van der Waals surface area contributed by atoms with E-state index in [1.54, 1.807) is 10.1 Å². The lowest BCUT2D eigenvalue weighted by Crippen LogP contribution is -2.21. The van der Waals surface area contributed by atoms with Gasteiger partial charge in [-0.05, 0) is 13.5 Å². The number of nitrogens with zero attached hydrogens (tertiary/aromatic N) is 1. The van der Waals surface area contributed by atoms with Crippen LogP contribution < -0.4 is 10.0 Å². The molecular weight excluding hydrogens is 272 g/mol. The molecule has 17 heavy (non-hydrogen) atoms. The van der Waals surface area contributed by atoms with Gasteiger partial charge in [0.25, 0.3) is 10.0 Å². The van der Waals surface area contributed by atoms with Gasteiger partial charge in [-0.3, -0.25) is 4.72 Å². The highest BCUT2D eigenvalue weighted by Crippen LogP contribution is 2.22. The highest BCUT2D eigenvalue weighted by Gasteiger charge is 2.25. The molecule has 0 aliphatic carbocycles. The summed E-state index contributed by atoms with van der Waals surface area (Å²) in [6.07, 6.45) is 0. The number of hydrogen-bond acceptors (Lipinski definition) is 5. The third kappa shape index (κ3) is 3.86. The van der Waals surface area contributed by atoms with Gasteiger partial charge in [0, 0.05) is 11.4 Å². The van der Waals surface area contributed by atoms with Crippen LogP contribution in [0.2, 0.25) is 0 Å². The highest BCUT2D eigenvalue weighted by molar-refractivity contribution is 7.93. The fourth-order valence-electron chi connectivity index (χ4n) is 1.11. The van der Waals surface area contributed by atoms with Gasteiger partial charge in [0.2, 0.25) is 0 Å². The van der Waals surface area contributed by atoms with Gasteiger partial charge < -0.3 is 5.32 Å². The lowest BCUT2D eigenvalue weighted by molar-refractivity contribution is 0.236. The molecule has 0 spiro atoms. The summed E-state index contributed by atoms with van der Waals surface area (Å²) in [5, 5.41) is 4.65. The normalized spacial score (nSPS) is 13.9. The molecule has 0 saturated heterocycles.